The van der Waals surface area contributed by atoms with E-state index in [1.807, 2.05) is 50.2 Å². The topological polar surface area (TPSA) is 75.7 Å². The molecule has 1 amide bonds. The van der Waals surface area contributed by atoms with Gasteiger partial charge in [-0.05, 0) is 55.5 Å². The molecule has 28 heavy (non-hydrogen) atoms. The molecular weight excluding hydrogens is 376 g/mol. The van der Waals surface area contributed by atoms with E-state index in [4.69, 9.17) is 4.74 Å². The third-order valence-electron chi connectivity index (χ3n) is 4.46. The molecule has 0 spiro atoms. The van der Waals surface area contributed by atoms with Crippen LogP contribution in [0.15, 0.2) is 42.5 Å². The Balaban J connectivity index is 1.96. The van der Waals surface area contributed by atoms with Crippen molar-refractivity contribution in [1.29, 1.82) is 0 Å². The molecule has 6 nitrogen and oxygen atoms in total. The van der Waals surface area contributed by atoms with Gasteiger partial charge in [-0.25, -0.2) is 8.42 Å². The van der Waals surface area contributed by atoms with E-state index >= 15 is 0 Å². The summed E-state index contributed by atoms with van der Waals surface area (Å²) in [6, 6.07) is 13.3. The first kappa shape index (κ1) is 21.8. The molecule has 0 heterocycles. The average Bonchev–Trinajstić information content (AvgIpc) is 2.65. The molecule has 7 heteroatoms. The number of hydrogen-bond acceptors (Lipinski definition) is 4. The molecule has 0 saturated heterocycles. The fraction of sp³-hybridized carbons (Fsp3) is 0.381. The Kier molecular flexibility index (Phi) is 7.45. The Bertz CT molecular complexity index is 926. The van der Waals surface area contributed by atoms with Gasteiger partial charge in [0.15, 0.2) is 0 Å². The number of amides is 1. The second kappa shape index (κ2) is 9.59. The van der Waals surface area contributed by atoms with E-state index in [2.05, 4.69) is 5.32 Å². The first-order chi connectivity index (χ1) is 13.2. The number of sulfonamides is 1. The zero-order valence-electron chi connectivity index (χ0n) is 16.9. The zero-order chi connectivity index (χ0) is 20.7. The second-order valence-corrected chi connectivity index (χ2v) is 8.73. The summed E-state index contributed by atoms with van der Waals surface area (Å²) in [6.45, 7) is 3.94. The van der Waals surface area contributed by atoms with Crippen molar-refractivity contribution in [2.75, 3.05) is 30.8 Å². The van der Waals surface area contributed by atoms with Crippen LogP contribution in [0.2, 0.25) is 0 Å². The molecule has 2 aromatic rings. The van der Waals surface area contributed by atoms with E-state index in [-0.39, 0.29) is 12.5 Å². The Hall–Kier alpha value is -2.54. The van der Waals surface area contributed by atoms with Gasteiger partial charge in [0.1, 0.15) is 12.3 Å². The SMILES string of the molecule is COc1ccccc1CCCNC(=O)CN(c1cc(C)ccc1C)S(C)(=O)=O. The van der Waals surface area contributed by atoms with E-state index in [9.17, 15) is 13.2 Å². The highest BCUT2D eigenvalue weighted by Gasteiger charge is 2.22. The van der Waals surface area contributed by atoms with E-state index in [0.717, 1.165) is 45.8 Å². The fourth-order valence-corrected chi connectivity index (χ4v) is 3.88. The van der Waals surface area contributed by atoms with Crippen molar-refractivity contribution < 1.29 is 17.9 Å². The Morgan fingerprint density at radius 2 is 1.86 bits per heavy atom. The van der Waals surface area contributed by atoms with Crippen molar-refractivity contribution in [1.82, 2.24) is 5.32 Å². The molecule has 0 aliphatic heterocycles. The van der Waals surface area contributed by atoms with Crippen LogP contribution < -0.4 is 14.4 Å². The van der Waals surface area contributed by atoms with Gasteiger partial charge in [0.05, 0.1) is 19.1 Å². The summed E-state index contributed by atoms with van der Waals surface area (Å²) in [6.07, 6.45) is 2.61. The second-order valence-electron chi connectivity index (χ2n) is 6.82. The summed E-state index contributed by atoms with van der Waals surface area (Å²) in [4.78, 5) is 12.4. The monoisotopic (exact) mass is 404 g/mol. The largest absolute Gasteiger partial charge is 0.496 e. The third kappa shape index (κ3) is 5.99. The molecule has 0 fully saturated rings. The van der Waals surface area contributed by atoms with Gasteiger partial charge in [-0.2, -0.15) is 0 Å². The van der Waals surface area contributed by atoms with Crippen LogP contribution >= 0.6 is 0 Å². The van der Waals surface area contributed by atoms with Crippen LogP contribution in [0.5, 0.6) is 5.75 Å². The van der Waals surface area contributed by atoms with E-state index in [1.165, 1.54) is 0 Å². The normalized spacial score (nSPS) is 11.1. The molecule has 0 unspecified atom stereocenters. The number of benzene rings is 2. The smallest absolute Gasteiger partial charge is 0.240 e. The number of hydrogen-bond donors (Lipinski definition) is 1. The Labute approximate surface area is 167 Å². The predicted octanol–water partition coefficient (Wildman–Crippen LogP) is 2.83. The highest BCUT2D eigenvalue weighted by Crippen LogP contribution is 2.23. The van der Waals surface area contributed by atoms with Gasteiger partial charge < -0.3 is 10.1 Å². The minimum Gasteiger partial charge on any atom is -0.496 e. The van der Waals surface area contributed by atoms with Crippen LogP contribution in [-0.2, 0) is 21.2 Å². The van der Waals surface area contributed by atoms with Gasteiger partial charge in [0.2, 0.25) is 15.9 Å². The van der Waals surface area contributed by atoms with Crippen molar-refractivity contribution in [3.8, 4) is 5.75 Å². The zero-order valence-corrected chi connectivity index (χ0v) is 17.7. The number of aryl methyl sites for hydroxylation is 3. The maximum Gasteiger partial charge on any atom is 0.240 e. The van der Waals surface area contributed by atoms with Crippen molar-refractivity contribution in [2.24, 2.45) is 0 Å². The minimum absolute atomic E-state index is 0.238. The van der Waals surface area contributed by atoms with E-state index in [0.29, 0.717) is 12.2 Å². The Morgan fingerprint density at radius 3 is 2.54 bits per heavy atom. The molecule has 0 aromatic heterocycles. The molecule has 1 N–H and O–H groups in total. The summed E-state index contributed by atoms with van der Waals surface area (Å²) in [7, 11) is -1.95. The van der Waals surface area contributed by atoms with Gasteiger partial charge in [0, 0.05) is 6.54 Å². The summed E-state index contributed by atoms with van der Waals surface area (Å²) in [5.41, 5.74) is 3.35. The van der Waals surface area contributed by atoms with Crippen LogP contribution in [0.4, 0.5) is 5.69 Å². The number of nitrogens with one attached hydrogen (secondary N) is 1. The Morgan fingerprint density at radius 1 is 1.14 bits per heavy atom. The predicted molar refractivity (Wildman–Crippen MR) is 112 cm³/mol. The molecule has 0 aliphatic carbocycles. The van der Waals surface area contributed by atoms with E-state index < -0.39 is 10.0 Å². The van der Waals surface area contributed by atoms with Crippen LogP contribution in [0, 0.1) is 13.8 Å². The highest BCUT2D eigenvalue weighted by molar-refractivity contribution is 7.92. The molecular formula is C21H28N2O4S. The lowest BCUT2D eigenvalue weighted by molar-refractivity contribution is -0.119. The van der Waals surface area contributed by atoms with Gasteiger partial charge in [-0.1, -0.05) is 30.3 Å². The molecule has 0 radical (unpaired) electrons. The van der Waals surface area contributed by atoms with Crippen LogP contribution in [0.1, 0.15) is 23.1 Å². The molecule has 152 valence electrons. The molecule has 2 rings (SSSR count). The maximum absolute atomic E-state index is 12.4. The first-order valence-corrected chi connectivity index (χ1v) is 11.0. The quantitative estimate of drug-likeness (QED) is 0.652. The number of rotatable bonds is 9. The molecule has 0 atom stereocenters. The lowest BCUT2D eigenvalue weighted by atomic mass is 10.1. The number of nitrogens with zero attached hydrogens (tertiary/aromatic N) is 1. The molecule has 0 bridgehead atoms. The third-order valence-corrected chi connectivity index (χ3v) is 5.58. The summed E-state index contributed by atoms with van der Waals surface area (Å²) in [5, 5.41) is 2.81. The van der Waals surface area contributed by atoms with Gasteiger partial charge in [0.25, 0.3) is 0 Å². The summed E-state index contributed by atoms with van der Waals surface area (Å²) < 4.78 is 31.0. The number of methoxy groups -OCH3 is 1. The van der Waals surface area contributed by atoms with Crippen molar-refractivity contribution in [2.45, 2.75) is 26.7 Å². The van der Waals surface area contributed by atoms with Crippen molar-refractivity contribution in [3.63, 3.8) is 0 Å². The summed E-state index contributed by atoms with van der Waals surface area (Å²) in [5.74, 6) is 0.498. The number of ether oxygens (including phenoxy) is 1. The van der Waals surface area contributed by atoms with Crippen molar-refractivity contribution >= 4 is 21.6 Å². The van der Waals surface area contributed by atoms with Crippen LogP contribution in [0.3, 0.4) is 0 Å². The maximum atomic E-state index is 12.4. The molecule has 2 aromatic carbocycles. The van der Waals surface area contributed by atoms with Gasteiger partial charge in [-0.3, -0.25) is 9.10 Å². The van der Waals surface area contributed by atoms with Crippen LogP contribution in [-0.4, -0.2) is 40.8 Å². The van der Waals surface area contributed by atoms with E-state index in [1.54, 1.807) is 13.2 Å². The number of anilines is 1. The number of carbonyl (C=O) groups is 1. The van der Waals surface area contributed by atoms with Crippen molar-refractivity contribution in [3.05, 3.63) is 59.2 Å². The number of carbonyl (C=O) groups excluding carboxylic acids is 1. The van der Waals surface area contributed by atoms with Gasteiger partial charge in [-0.15, -0.1) is 0 Å². The summed E-state index contributed by atoms with van der Waals surface area (Å²) >= 11 is 0. The first-order valence-electron chi connectivity index (χ1n) is 9.16. The molecule has 0 saturated carbocycles. The standard InChI is InChI=1S/C21H28N2O4S/c1-16-11-12-17(2)19(14-16)23(28(4,25)26)15-21(24)22-13-7-9-18-8-5-6-10-20(18)27-3/h5-6,8,10-12,14H,7,9,13,15H2,1-4H3,(H,22,24). The number of para-hydroxylation sites is 1. The van der Waals surface area contributed by atoms with Gasteiger partial charge >= 0.3 is 0 Å². The lowest BCUT2D eigenvalue weighted by Gasteiger charge is -2.24. The molecule has 0 aliphatic rings. The lowest BCUT2D eigenvalue weighted by Crippen LogP contribution is -2.41. The average molecular weight is 405 g/mol. The van der Waals surface area contributed by atoms with Crippen LogP contribution in [0.25, 0.3) is 0 Å². The minimum atomic E-state index is -3.58. The fourth-order valence-electron chi connectivity index (χ4n) is 2.97. The highest BCUT2D eigenvalue weighted by atomic mass is 32.2.